The molecule has 0 amide bonds. The van der Waals surface area contributed by atoms with Crippen LogP contribution in [0, 0.1) is 0 Å². The maximum atomic E-state index is 12.5. The zero-order chi connectivity index (χ0) is 36.1. The standard InChI is InChI=1S/C46H30Br2N2O2S/c1-52-46(51)50-41-25-20-34(27-40(41)44(47)45(50)48)32-16-14-31(15-17-32)33-10-7-11-36(26-33)49(35-21-18-30(19-22-35)29-8-3-2-4-9-29)37-23-24-39-38-12-5-6-13-42(38)53-43(39)28-37/h2-28H,1H3. The van der Waals surface area contributed by atoms with Crippen molar-refractivity contribution in [2.24, 2.45) is 0 Å². The number of benzene rings is 7. The van der Waals surface area contributed by atoms with Crippen molar-refractivity contribution < 1.29 is 9.53 Å². The first-order valence-corrected chi connectivity index (χ1v) is 19.5. The van der Waals surface area contributed by atoms with Gasteiger partial charge in [0.2, 0.25) is 0 Å². The van der Waals surface area contributed by atoms with E-state index in [2.05, 4.69) is 182 Å². The van der Waals surface area contributed by atoms with Crippen LogP contribution in [0.4, 0.5) is 21.9 Å². The van der Waals surface area contributed by atoms with Gasteiger partial charge in [-0.3, -0.25) is 0 Å². The Morgan fingerprint density at radius 2 is 1.09 bits per heavy atom. The number of halogens is 2. The zero-order valence-corrected chi connectivity index (χ0v) is 32.5. The lowest BCUT2D eigenvalue weighted by Gasteiger charge is -2.26. The number of nitrogens with zero attached hydrogens (tertiary/aromatic N) is 2. The minimum atomic E-state index is -0.449. The first-order valence-electron chi connectivity index (χ1n) is 17.1. The molecule has 7 aromatic carbocycles. The third-order valence-electron chi connectivity index (χ3n) is 9.72. The molecule has 0 spiro atoms. The van der Waals surface area contributed by atoms with Crippen molar-refractivity contribution >= 4 is 97.4 Å². The number of carbonyl (C=O) groups is 1. The highest BCUT2D eigenvalue weighted by Gasteiger charge is 2.20. The molecule has 9 rings (SSSR count). The van der Waals surface area contributed by atoms with Gasteiger partial charge in [-0.15, -0.1) is 11.3 Å². The molecule has 0 bridgehead atoms. The number of rotatable bonds is 6. The number of methoxy groups -OCH3 is 1. The van der Waals surface area contributed by atoms with Gasteiger partial charge in [0, 0.05) is 42.6 Å². The third kappa shape index (κ3) is 6.05. The van der Waals surface area contributed by atoms with Crippen LogP contribution in [0.15, 0.2) is 173 Å². The smallest absolute Gasteiger partial charge is 0.419 e. The number of hydrogen-bond acceptors (Lipinski definition) is 4. The average molecular weight is 835 g/mol. The number of ether oxygens (including phenoxy) is 1. The molecule has 53 heavy (non-hydrogen) atoms. The summed E-state index contributed by atoms with van der Waals surface area (Å²) in [6.45, 7) is 0. The maximum absolute atomic E-state index is 12.5. The van der Waals surface area contributed by atoms with E-state index >= 15 is 0 Å². The molecule has 0 atom stereocenters. The molecule has 256 valence electrons. The summed E-state index contributed by atoms with van der Waals surface area (Å²) in [5.41, 5.74) is 10.8. The van der Waals surface area contributed by atoms with Gasteiger partial charge >= 0.3 is 6.09 Å². The topological polar surface area (TPSA) is 34.5 Å². The number of aromatic nitrogens is 1. The van der Waals surface area contributed by atoms with Gasteiger partial charge in [-0.05, 0) is 120 Å². The molecule has 0 unspecified atom stereocenters. The summed E-state index contributed by atoms with van der Waals surface area (Å²) in [5.74, 6) is 0. The van der Waals surface area contributed by atoms with E-state index in [0.717, 1.165) is 54.7 Å². The molecule has 0 fully saturated rings. The van der Waals surface area contributed by atoms with E-state index < -0.39 is 6.09 Å². The summed E-state index contributed by atoms with van der Waals surface area (Å²) in [6.07, 6.45) is -0.449. The SMILES string of the molecule is COC(=O)n1c(Br)c(Br)c2cc(-c3ccc(-c4cccc(N(c5ccc(-c6ccccc6)cc5)c5ccc6c(c5)sc5ccccc56)c4)cc3)ccc21. The Morgan fingerprint density at radius 1 is 0.528 bits per heavy atom. The number of thiophene rings is 1. The molecule has 7 heteroatoms. The summed E-state index contributed by atoms with van der Waals surface area (Å²) >= 11 is 9.03. The quantitative estimate of drug-likeness (QED) is 0.167. The van der Waals surface area contributed by atoms with E-state index in [-0.39, 0.29) is 0 Å². The molecule has 0 N–H and O–H groups in total. The van der Waals surface area contributed by atoms with E-state index in [0.29, 0.717) is 4.60 Å². The van der Waals surface area contributed by atoms with Crippen LogP contribution in [-0.4, -0.2) is 17.8 Å². The number of anilines is 3. The highest BCUT2D eigenvalue weighted by molar-refractivity contribution is 9.13. The molecular formula is C46H30Br2N2O2S. The summed E-state index contributed by atoms with van der Waals surface area (Å²) in [4.78, 5) is 14.8. The predicted molar refractivity (Wildman–Crippen MR) is 229 cm³/mol. The fourth-order valence-corrected chi connectivity index (χ4v) is 9.27. The molecule has 0 aliphatic carbocycles. The van der Waals surface area contributed by atoms with Gasteiger partial charge in [0.25, 0.3) is 0 Å². The molecule has 9 aromatic rings. The van der Waals surface area contributed by atoms with Crippen LogP contribution < -0.4 is 4.90 Å². The van der Waals surface area contributed by atoms with Crippen molar-refractivity contribution in [1.29, 1.82) is 0 Å². The second-order valence-corrected chi connectivity index (χ2v) is 15.4. The fourth-order valence-electron chi connectivity index (χ4n) is 7.09. The van der Waals surface area contributed by atoms with Crippen LogP contribution in [0.1, 0.15) is 0 Å². The van der Waals surface area contributed by atoms with Gasteiger partial charge in [0.1, 0.15) is 4.60 Å². The summed E-state index contributed by atoms with van der Waals surface area (Å²) in [7, 11) is 1.38. The minimum Gasteiger partial charge on any atom is -0.452 e. The molecule has 0 saturated heterocycles. The van der Waals surface area contributed by atoms with Crippen molar-refractivity contribution in [2.75, 3.05) is 12.0 Å². The third-order valence-corrected chi connectivity index (χ3v) is 12.9. The van der Waals surface area contributed by atoms with Crippen LogP contribution in [0.5, 0.6) is 0 Å². The highest BCUT2D eigenvalue weighted by atomic mass is 79.9. The summed E-state index contributed by atoms with van der Waals surface area (Å²) in [6, 6.07) is 58.3. The average Bonchev–Trinajstić information content (AvgIpc) is 3.71. The van der Waals surface area contributed by atoms with E-state index in [4.69, 9.17) is 4.74 Å². The molecule has 0 aliphatic heterocycles. The maximum Gasteiger partial charge on any atom is 0.419 e. The van der Waals surface area contributed by atoms with Gasteiger partial charge in [-0.2, -0.15) is 0 Å². The predicted octanol–water partition coefficient (Wildman–Crippen LogP) is 14.6. The Bertz CT molecular complexity index is 2810. The Kier molecular flexibility index (Phi) is 8.70. The number of hydrogen-bond donors (Lipinski definition) is 0. The fraction of sp³-hybridized carbons (Fsp3) is 0.0217. The Labute approximate surface area is 327 Å². The molecule has 0 radical (unpaired) electrons. The van der Waals surface area contributed by atoms with Gasteiger partial charge < -0.3 is 9.64 Å². The lowest BCUT2D eigenvalue weighted by molar-refractivity contribution is 0.173. The largest absolute Gasteiger partial charge is 0.452 e. The van der Waals surface area contributed by atoms with Gasteiger partial charge in [-0.25, -0.2) is 9.36 Å². The summed E-state index contributed by atoms with van der Waals surface area (Å²) in [5, 5.41) is 3.49. The van der Waals surface area contributed by atoms with E-state index in [9.17, 15) is 4.79 Å². The van der Waals surface area contributed by atoms with Gasteiger partial charge in [0.15, 0.2) is 0 Å². The van der Waals surface area contributed by atoms with Crippen molar-refractivity contribution in [3.8, 4) is 33.4 Å². The second kappa shape index (κ2) is 13.8. The Hall–Kier alpha value is -5.47. The van der Waals surface area contributed by atoms with Gasteiger partial charge in [-0.1, -0.05) is 109 Å². The first-order chi connectivity index (χ1) is 26.0. The van der Waals surface area contributed by atoms with Crippen molar-refractivity contribution in [3.05, 3.63) is 173 Å². The van der Waals surface area contributed by atoms with Crippen molar-refractivity contribution in [1.82, 2.24) is 4.57 Å². The molecule has 2 aromatic heterocycles. The van der Waals surface area contributed by atoms with E-state index in [1.165, 1.54) is 43.0 Å². The normalized spacial score (nSPS) is 11.4. The molecule has 0 aliphatic rings. The lowest BCUT2D eigenvalue weighted by Crippen LogP contribution is -2.11. The molecule has 2 heterocycles. The summed E-state index contributed by atoms with van der Waals surface area (Å²) < 4.78 is 10.5. The van der Waals surface area contributed by atoms with Crippen LogP contribution in [0.2, 0.25) is 0 Å². The van der Waals surface area contributed by atoms with Gasteiger partial charge in [0.05, 0.1) is 17.1 Å². The monoisotopic (exact) mass is 832 g/mol. The first kappa shape index (κ1) is 33.4. The minimum absolute atomic E-state index is 0.449. The number of carbonyl (C=O) groups excluding carboxylic acids is 1. The Balaban J connectivity index is 1.09. The van der Waals surface area contributed by atoms with Crippen LogP contribution in [0.3, 0.4) is 0 Å². The lowest BCUT2D eigenvalue weighted by atomic mass is 9.99. The van der Waals surface area contributed by atoms with Crippen LogP contribution in [-0.2, 0) is 4.74 Å². The Morgan fingerprint density at radius 3 is 1.85 bits per heavy atom. The molecule has 4 nitrogen and oxygen atoms in total. The number of fused-ring (bicyclic) bond motifs is 4. The van der Waals surface area contributed by atoms with E-state index in [1.54, 1.807) is 0 Å². The zero-order valence-electron chi connectivity index (χ0n) is 28.5. The van der Waals surface area contributed by atoms with E-state index in [1.807, 2.05) is 29.5 Å². The second-order valence-electron chi connectivity index (χ2n) is 12.8. The van der Waals surface area contributed by atoms with Crippen LogP contribution in [0.25, 0.3) is 64.5 Å². The van der Waals surface area contributed by atoms with Crippen LogP contribution >= 0.6 is 43.2 Å². The molecular weight excluding hydrogens is 804 g/mol. The van der Waals surface area contributed by atoms with Crippen molar-refractivity contribution in [3.63, 3.8) is 0 Å². The van der Waals surface area contributed by atoms with Crippen molar-refractivity contribution in [2.45, 2.75) is 0 Å². The molecule has 0 saturated carbocycles. The highest BCUT2D eigenvalue weighted by Crippen LogP contribution is 2.42.